The summed E-state index contributed by atoms with van der Waals surface area (Å²) in [5, 5.41) is 13.6. The summed E-state index contributed by atoms with van der Waals surface area (Å²) < 4.78 is 31.6. The Hall–Kier alpha value is -1.97. The third-order valence-corrected chi connectivity index (χ3v) is 2.71. The van der Waals surface area contributed by atoms with Crippen molar-refractivity contribution in [3.05, 3.63) is 29.8 Å². The Kier molecular flexibility index (Phi) is 7.50. The van der Waals surface area contributed by atoms with E-state index in [-0.39, 0.29) is 5.75 Å². The van der Waals surface area contributed by atoms with Crippen LogP contribution in [0.5, 0.6) is 5.75 Å². The van der Waals surface area contributed by atoms with E-state index in [4.69, 9.17) is 17.5 Å². The molecule has 0 spiro atoms. The Balaban J connectivity index is 0.000000422. The van der Waals surface area contributed by atoms with Crippen molar-refractivity contribution in [1.29, 1.82) is 0 Å². The minimum atomic E-state index is -4.67. The maximum Gasteiger partial charge on any atom is 0.394 e. The largest absolute Gasteiger partial charge is 0.507 e. The van der Waals surface area contributed by atoms with Crippen LogP contribution < -0.4 is 5.43 Å². The number of hydrogen-bond donors (Lipinski definition) is 4. The van der Waals surface area contributed by atoms with Crippen LogP contribution in [0.15, 0.2) is 34.4 Å². The van der Waals surface area contributed by atoms with Crippen molar-refractivity contribution < 1.29 is 22.6 Å². The number of aliphatic imine (C=N–C) groups is 1. The van der Waals surface area contributed by atoms with Gasteiger partial charge in [-0.3, -0.25) is 19.5 Å². The quantitative estimate of drug-likeness (QED) is 0.370. The van der Waals surface area contributed by atoms with Crippen molar-refractivity contribution in [2.75, 3.05) is 6.54 Å². The number of phenolic OH excluding ortho intramolecular Hbond substituents is 1. The molecule has 0 saturated heterocycles. The summed E-state index contributed by atoms with van der Waals surface area (Å²) in [5.74, 6) is 1.18. The zero-order valence-electron chi connectivity index (χ0n) is 11.9. The Bertz CT molecular complexity index is 620. The highest BCUT2D eigenvalue weighted by Crippen LogP contribution is 2.12. The highest BCUT2D eigenvalue weighted by molar-refractivity contribution is 7.79. The van der Waals surface area contributed by atoms with Gasteiger partial charge in [0.15, 0.2) is 0 Å². The summed E-state index contributed by atoms with van der Waals surface area (Å²) in [6, 6.07) is 7.11. The van der Waals surface area contributed by atoms with Gasteiger partial charge in [0.2, 0.25) is 0 Å². The second kappa shape index (κ2) is 9.13. The van der Waals surface area contributed by atoms with Crippen molar-refractivity contribution in [3.8, 4) is 5.75 Å². The molecule has 0 saturated carbocycles. The van der Waals surface area contributed by atoms with Crippen molar-refractivity contribution in [2.45, 2.75) is 25.7 Å². The van der Waals surface area contributed by atoms with Gasteiger partial charge < -0.3 is 5.11 Å². The van der Waals surface area contributed by atoms with E-state index in [0.29, 0.717) is 5.56 Å². The lowest BCUT2D eigenvalue weighted by Crippen LogP contribution is -2.17. The number of hydrogen-bond acceptors (Lipinski definition) is 6. The van der Waals surface area contributed by atoms with Gasteiger partial charge in [-0.2, -0.15) is 13.5 Å². The molecule has 9 heteroatoms. The second-order valence-corrected chi connectivity index (χ2v) is 5.41. The fraction of sp³-hybridized carbons (Fsp3) is 0.385. The second-order valence-electron chi connectivity index (χ2n) is 4.52. The number of para-hydroxylation sites is 1. The molecule has 4 N–H and O–H groups in total. The zero-order chi connectivity index (χ0) is 16.4. The number of benzene rings is 1. The average Bonchev–Trinajstić information content (AvgIpc) is 2.68. The molecule has 0 aromatic heterocycles. The summed E-state index contributed by atoms with van der Waals surface area (Å²) in [6.45, 7) is 0.883. The molecule has 0 atom stereocenters. The van der Waals surface area contributed by atoms with Crippen LogP contribution in [0.1, 0.15) is 31.2 Å². The molecule has 1 aromatic carbocycles. The maximum atomic E-state index is 9.54. The molecule has 1 aliphatic heterocycles. The first-order chi connectivity index (χ1) is 10.4. The van der Waals surface area contributed by atoms with E-state index in [0.717, 1.165) is 31.6 Å². The molecule has 8 nitrogen and oxygen atoms in total. The molecule has 0 fully saturated rings. The van der Waals surface area contributed by atoms with Gasteiger partial charge in [0.05, 0.1) is 6.21 Å². The van der Waals surface area contributed by atoms with Gasteiger partial charge >= 0.3 is 10.4 Å². The van der Waals surface area contributed by atoms with E-state index in [9.17, 15) is 5.11 Å². The molecule has 22 heavy (non-hydrogen) atoms. The summed E-state index contributed by atoms with van der Waals surface area (Å²) in [7, 11) is -4.67. The standard InChI is InChI=1S/C13H17N3O.H2O4S/c17-12-7-4-3-6-11(12)10-15-16-13-8-2-1-5-9-14-13;1-5(2,3)4/h3-4,6-7,10,17H,1-2,5,8-9H2,(H,14,16);(H2,1,2,3,4)/b15-10+;. The van der Waals surface area contributed by atoms with Crippen molar-refractivity contribution in [2.24, 2.45) is 10.1 Å². The maximum absolute atomic E-state index is 9.54. The van der Waals surface area contributed by atoms with E-state index in [2.05, 4.69) is 15.5 Å². The van der Waals surface area contributed by atoms with Crippen LogP contribution in [0.2, 0.25) is 0 Å². The molecule has 0 bridgehead atoms. The Labute approximate surface area is 129 Å². The Morgan fingerprint density at radius 3 is 2.55 bits per heavy atom. The van der Waals surface area contributed by atoms with Gasteiger partial charge in [-0.1, -0.05) is 18.6 Å². The zero-order valence-corrected chi connectivity index (χ0v) is 12.7. The summed E-state index contributed by atoms with van der Waals surface area (Å²) in [5.41, 5.74) is 3.65. The Morgan fingerprint density at radius 1 is 1.18 bits per heavy atom. The number of phenols is 1. The number of aromatic hydroxyl groups is 1. The number of amidine groups is 1. The highest BCUT2D eigenvalue weighted by Gasteiger charge is 2.02. The van der Waals surface area contributed by atoms with Crippen molar-refractivity contribution in [1.82, 2.24) is 5.43 Å². The molecule has 2 rings (SSSR count). The first-order valence-corrected chi connectivity index (χ1v) is 8.06. The smallest absolute Gasteiger partial charge is 0.394 e. The molecule has 0 aliphatic carbocycles. The van der Waals surface area contributed by atoms with Crippen LogP contribution in [0.3, 0.4) is 0 Å². The van der Waals surface area contributed by atoms with Crippen LogP contribution in [0.25, 0.3) is 0 Å². The first kappa shape index (κ1) is 18.1. The van der Waals surface area contributed by atoms with Crippen LogP contribution in [0, 0.1) is 0 Å². The molecular weight excluding hydrogens is 310 g/mol. The van der Waals surface area contributed by atoms with Crippen LogP contribution in [-0.4, -0.2) is 41.2 Å². The van der Waals surface area contributed by atoms with E-state index in [1.807, 2.05) is 12.1 Å². The van der Waals surface area contributed by atoms with Gasteiger partial charge in [0.1, 0.15) is 11.6 Å². The number of rotatable bonds is 2. The third-order valence-electron chi connectivity index (χ3n) is 2.71. The van der Waals surface area contributed by atoms with Gasteiger partial charge in [0.25, 0.3) is 0 Å². The van der Waals surface area contributed by atoms with Crippen LogP contribution >= 0.6 is 0 Å². The molecule has 1 aliphatic rings. The molecule has 1 aromatic rings. The van der Waals surface area contributed by atoms with E-state index in [1.165, 1.54) is 6.42 Å². The lowest BCUT2D eigenvalue weighted by molar-refractivity contribution is 0.381. The topological polar surface area (TPSA) is 132 Å². The fourth-order valence-electron chi connectivity index (χ4n) is 1.74. The predicted octanol–water partition coefficient (Wildman–Crippen LogP) is 1.64. The van der Waals surface area contributed by atoms with E-state index in [1.54, 1.807) is 18.3 Å². The fourth-order valence-corrected chi connectivity index (χ4v) is 1.74. The number of hydrazone groups is 1. The Morgan fingerprint density at radius 2 is 1.86 bits per heavy atom. The molecule has 0 amide bonds. The molecule has 0 radical (unpaired) electrons. The SMILES string of the molecule is O=S(=O)(O)O.Oc1ccccc1/C=N/NC1=NCCCCC1. The van der Waals surface area contributed by atoms with Crippen molar-refractivity contribution >= 4 is 22.4 Å². The first-order valence-electron chi connectivity index (χ1n) is 6.66. The van der Waals surface area contributed by atoms with Gasteiger partial charge in [-0.15, -0.1) is 0 Å². The lowest BCUT2D eigenvalue weighted by Gasteiger charge is -2.02. The molecular formula is C13H19N3O5S. The van der Waals surface area contributed by atoms with Gasteiger partial charge in [-0.05, 0) is 25.0 Å². The summed E-state index contributed by atoms with van der Waals surface area (Å²) in [4.78, 5) is 4.41. The predicted molar refractivity (Wildman–Crippen MR) is 83.8 cm³/mol. The number of nitrogens with zero attached hydrogens (tertiary/aromatic N) is 2. The lowest BCUT2D eigenvalue weighted by atomic mass is 10.2. The number of nitrogens with one attached hydrogen (secondary N) is 1. The highest BCUT2D eigenvalue weighted by atomic mass is 32.3. The van der Waals surface area contributed by atoms with E-state index >= 15 is 0 Å². The van der Waals surface area contributed by atoms with E-state index < -0.39 is 10.4 Å². The minimum absolute atomic E-state index is 0.237. The monoisotopic (exact) mass is 329 g/mol. The normalized spacial score (nSPS) is 15.5. The molecule has 1 heterocycles. The van der Waals surface area contributed by atoms with Gasteiger partial charge in [-0.25, -0.2) is 0 Å². The molecule has 0 unspecified atom stereocenters. The average molecular weight is 329 g/mol. The summed E-state index contributed by atoms with van der Waals surface area (Å²) in [6.07, 6.45) is 6.13. The minimum Gasteiger partial charge on any atom is -0.507 e. The van der Waals surface area contributed by atoms with Crippen molar-refractivity contribution in [3.63, 3.8) is 0 Å². The van der Waals surface area contributed by atoms with Gasteiger partial charge in [0, 0.05) is 18.5 Å². The van der Waals surface area contributed by atoms with Crippen LogP contribution in [0.4, 0.5) is 0 Å². The summed E-state index contributed by atoms with van der Waals surface area (Å²) >= 11 is 0. The van der Waals surface area contributed by atoms with Crippen LogP contribution in [-0.2, 0) is 10.4 Å². The molecule has 122 valence electrons. The third kappa shape index (κ3) is 9.06.